The van der Waals surface area contributed by atoms with Crippen LogP contribution in [0, 0.1) is 0 Å². The number of nitrogens with zero attached hydrogens (tertiary/aromatic N) is 1. The number of anilines is 1. The molecule has 0 radical (unpaired) electrons. The molecule has 4 rings (SSSR count). The van der Waals surface area contributed by atoms with E-state index in [0.29, 0.717) is 30.9 Å². The molecule has 0 spiro atoms. The van der Waals surface area contributed by atoms with Gasteiger partial charge in [-0.15, -0.1) is 11.3 Å². The summed E-state index contributed by atoms with van der Waals surface area (Å²) < 4.78 is 6.05. The summed E-state index contributed by atoms with van der Waals surface area (Å²) in [5.41, 5.74) is 1.84. The molecule has 0 fully saturated rings. The zero-order valence-corrected chi connectivity index (χ0v) is 17.7. The first-order valence-corrected chi connectivity index (χ1v) is 10.6. The minimum absolute atomic E-state index is 0.0134. The maximum Gasteiger partial charge on any atom is 0.340 e. The predicted molar refractivity (Wildman–Crippen MR) is 116 cm³/mol. The van der Waals surface area contributed by atoms with Crippen molar-refractivity contribution in [3.05, 3.63) is 60.5 Å². The summed E-state index contributed by atoms with van der Waals surface area (Å²) in [5, 5.41) is 26.0. The standard InChI is InChI=1S/C20H20N4O7S/c1-2-31-10-3-4-11(13(25)6-10)16(26)22-7-9-5-12-14(8-21-9)32-17(15(12)20(29)30)23-24-18(27)19(24)28/h3-4,6,9,21,23,25H,2,5,7-8H2,1H3,(H,22,26)(H,29,30). The van der Waals surface area contributed by atoms with Gasteiger partial charge < -0.3 is 25.6 Å². The molecule has 1 aliphatic heterocycles. The second-order valence-corrected chi connectivity index (χ2v) is 8.28. The number of thiophene rings is 1. The first-order valence-electron chi connectivity index (χ1n) is 9.80. The maximum absolute atomic E-state index is 12.5. The van der Waals surface area contributed by atoms with Crippen molar-refractivity contribution in [2.75, 3.05) is 18.6 Å². The van der Waals surface area contributed by atoms with Gasteiger partial charge in [0.1, 0.15) is 16.5 Å². The lowest BCUT2D eigenvalue weighted by Crippen LogP contribution is -2.44. The number of fused-ring (bicyclic) bond motifs is 1. The van der Waals surface area contributed by atoms with Crippen LogP contribution in [0.3, 0.4) is 0 Å². The number of aromatic nitrogens is 1. The number of aromatic carboxylic acids is 1. The number of carboxylic acids is 1. The number of hydrogen-bond donors (Lipinski definition) is 5. The van der Waals surface area contributed by atoms with E-state index in [1.165, 1.54) is 12.1 Å². The third kappa shape index (κ3) is 4.09. The van der Waals surface area contributed by atoms with Crippen molar-refractivity contribution in [2.24, 2.45) is 0 Å². The summed E-state index contributed by atoms with van der Waals surface area (Å²) in [6, 6.07) is 4.18. The summed E-state index contributed by atoms with van der Waals surface area (Å²) in [6.07, 6.45) is 0.326. The largest absolute Gasteiger partial charge is 0.507 e. The molecule has 11 nitrogen and oxygen atoms in total. The van der Waals surface area contributed by atoms with E-state index in [1.807, 2.05) is 6.92 Å². The van der Waals surface area contributed by atoms with E-state index in [4.69, 9.17) is 4.74 Å². The second kappa shape index (κ2) is 8.48. The van der Waals surface area contributed by atoms with Crippen LogP contribution in [0.4, 0.5) is 5.00 Å². The number of aromatic hydroxyl groups is 1. The molecule has 168 valence electrons. The van der Waals surface area contributed by atoms with E-state index in [2.05, 4.69) is 16.1 Å². The third-order valence-electron chi connectivity index (χ3n) is 5.09. The summed E-state index contributed by atoms with van der Waals surface area (Å²) in [7, 11) is 0. The fourth-order valence-electron chi connectivity index (χ4n) is 3.48. The molecule has 1 aliphatic rings. The van der Waals surface area contributed by atoms with Gasteiger partial charge >= 0.3 is 17.1 Å². The van der Waals surface area contributed by atoms with Gasteiger partial charge in [-0.1, -0.05) is 0 Å². The van der Waals surface area contributed by atoms with Crippen molar-refractivity contribution in [1.82, 2.24) is 15.3 Å². The molecule has 1 aromatic carbocycles. The van der Waals surface area contributed by atoms with Crippen LogP contribution in [-0.2, 0) is 13.0 Å². The molecule has 0 bridgehead atoms. The molecule has 32 heavy (non-hydrogen) atoms. The lowest BCUT2D eigenvalue weighted by atomic mass is 9.98. The van der Waals surface area contributed by atoms with E-state index in [1.54, 1.807) is 6.07 Å². The van der Waals surface area contributed by atoms with Crippen molar-refractivity contribution < 1.29 is 24.5 Å². The number of carboxylic acid groups (broad SMARTS) is 1. The van der Waals surface area contributed by atoms with Crippen LogP contribution in [0.5, 0.6) is 11.5 Å². The highest BCUT2D eigenvalue weighted by Gasteiger charge is 2.30. The van der Waals surface area contributed by atoms with Gasteiger partial charge in [0.2, 0.25) is 0 Å². The average molecular weight is 460 g/mol. The lowest BCUT2D eigenvalue weighted by Gasteiger charge is -2.24. The summed E-state index contributed by atoms with van der Waals surface area (Å²) >= 11 is 1.16. The van der Waals surface area contributed by atoms with Crippen molar-refractivity contribution in [3.8, 4) is 11.5 Å². The molecule has 0 aliphatic carbocycles. The smallest absolute Gasteiger partial charge is 0.340 e. The molecule has 1 unspecified atom stereocenters. The van der Waals surface area contributed by atoms with Gasteiger partial charge in [0, 0.05) is 30.1 Å². The second-order valence-electron chi connectivity index (χ2n) is 7.17. The molecule has 1 atom stereocenters. The van der Waals surface area contributed by atoms with Crippen LogP contribution in [0.2, 0.25) is 0 Å². The Morgan fingerprint density at radius 1 is 1.31 bits per heavy atom. The zero-order chi connectivity index (χ0) is 23.0. The van der Waals surface area contributed by atoms with E-state index >= 15 is 0 Å². The molecule has 5 N–H and O–H groups in total. The van der Waals surface area contributed by atoms with E-state index in [9.17, 15) is 29.4 Å². The minimum Gasteiger partial charge on any atom is -0.507 e. The summed E-state index contributed by atoms with van der Waals surface area (Å²) in [4.78, 5) is 47.6. The van der Waals surface area contributed by atoms with E-state index in [-0.39, 0.29) is 34.5 Å². The highest BCUT2D eigenvalue weighted by molar-refractivity contribution is 7.16. The van der Waals surface area contributed by atoms with Gasteiger partial charge in [-0.3, -0.25) is 19.8 Å². The molecule has 1 amide bonds. The van der Waals surface area contributed by atoms with Crippen LogP contribution < -0.4 is 31.9 Å². The highest BCUT2D eigenvalue weighted by atomic mass is 32.1. The first-order chi connectivity index (χ1) is 15.3. The third-order valence-corrected chi connectivity index (χ3v) is 6.23. The zero-order valence-electron chi connectivity index (χ0n) is 16.9. The van der Waals surface area contributed by atoms with Gasteiger partial charge in [0.25, 0.3) is 5.91 Å². The molecule has 2 aromatic heterocycles. The Labute approximate surface area is 184 Å². The number of ether oxygens (including phenoxy) is 1. The van der Waals surface area contributed by atoms with Gasteiger partial charge in [-0.25, -0.2) is 4.79 Å². The topological polar surface area (TPSA) is 159 Å². The fraction of sp³-hybridized carbons (Fsp3) is 0.300. The summed E-state index contributed by atoms with van der Waals surface area (Å²) in [5.74, 6) is -1.39. The Morgan fingerprint density at radius 3 is 2.69 bits per heavy atom. The molecule has 0 saturated heterocycles. The molecule has 3 aromatic rings. The molecule has 12 heteroatoms. The number of hydrogen-bond acceptors (Lipinski definition) is 9. The van der Waals surface area contributed by atoms with E-state index in [0.717, 1.165) is 20.9 Å². The number of nitrogens with one attached hydrogen (secondary N) is 3. The van der Waals surface area contributed by atoms with Gasteiger partial charge in [-0.2, -0.15) is 4.68 Å². The van der Waals surface area contributed by atoms with E-state index < -0.39 is 23.0 Å². The number of carbonyl (C=O) groups excluding carboxylic acids is 1. The fourth-order valence-corrected chi connectivity index (χ4v) is 4.64. The van der Waals surface area contributed by atoms with Crippen molar-refractivity contribution in [1.29, 1.82) is 0 Å². The molecule has 0 saturated carbocycles. The minimum atomic E-state index is -1.17. The van der Waals surface area contributed by atoms with Crippen LogP contribution in [0.15, 0.2) is 27.8 Å². The first kappa shape index (κ1) is 21.6. The maximum atomic E-state index is 12.5. The van der Waals surface area contributed by atoms with Crippen molar-refractivity contribution in [2.45, 2.75) is 25.9 Å². The Balaban J connectivity index is 1.44. The Kier molecular flexibility index (Phi) is 5.72. The highest BCUT2D eigenvalue weighted by Crippen LogP contribution is 2.36. The Hall–Kier alpha value is -3.64. The summed E-state index contributed by atoms with van der Waals surface area (Å²) in [6.45, 7) is 2.82. The monoisotopic (exact) mass is 460 g/mol. The van der Waals surface area contributed by atoms with Crippen LogP contribution in [0.1, 0.15) is 38.1 Å². The van der Waals surface area contributed by atoms with Gasteiger partial charge in [0.15, 0.2) is 0 Å². The molecular weight excluding hydrogens is 440 g/mol. The van der Waals surface area contributed by atoms with Crippen molar-refractivity contribution >= 4 is 28.2 Å². The quantitative estimate of drug-likeness (QED) is 0.297. The number of benzene rings is 1. The normalized spacial score (nSPS) is 15.3. The molecule has 3 heterocycles. The predicted octanol–water partition coefficient (Wildman–Crippen LogP) is 0.268. The SMILES string of the molecule is CCOc1ccc(C(=O)NCC2Cc3c(sc(Nn4c(=O)c4=O)c3C(=O)O)CN2)c(O)c1. The average Bonchev–Trinajstić information content (AvgIpc) is 3.15. The Bertz CT molecular complexity index is 1250. The number of phenols is 1. The lowest BCUT2D eigenvalue weighted by molar-refractivity contribution is 0.0696. The van der Waals surface area contributed by atoms with Gasteiger partial charge in [-0.05, 0) is 31.0 Å². The van der Waals surface area contributed by atoms with Crippen molar-refractivity contribution in [3.63, 3.8) is 0 Å². The van der Waals surface area contributed by atoms with Crippen LogP contribution >= 0.6 is 11.3 Å². The van der Waals surface area contributed by atoms with Crippen LogP contribution in [0.25, 0.3) is 0 Å². The van der Waals surface area contributed by atoms with Crippen LogP contribution in [-0.4, -0.2) is 46.0 Å². The number of phenolic OH excluding ortho intramolecular Hbond substituents is 1. The number of amides is 1. The van der Waals surface area contributed by atoms with Gasteiger partial charge in [0.05, 0.1) is 17.7 Å². The molecular formula is C20H20N4O7S. The Morgan fingerprint density at radius 2 is 2.06 bits per heavy atom. The number of carbonyl (C=O) groups is 2. The number of rotatable bonds is 8.